The minimum atomic E-state index is -1.15. The maximum Gasteiger partial charge on any atom is 0.322 e. The summed E-state index contributed by atoms with van der Waals surface area (Å²) in [6, 6.07) is 10.6. The molecule has 0 heterocycles. The van der Waals surface area contributed by atoms with Gasteiger partial charge in [0.25, 0.3) is 5.91 Å². The summed E-state index contributed by atoms with van der Waals surface area (Å²) >= 11 is 11.8. The maximum atomic E-state index is 12.0. The van der Waals surface area contributed by atoms with Gasteiger partial charge in [-0.25, -0.2) is 4.79 Å². The molecule has 0 unspecified atom stereocenters. The molecule has 0 spiro atoms. The van der Waals surface area contributed by atoms with Crippen LogP contribution in [0.1, 0.15) is 17.3 Å². The summed E-state index contributed by atoms with van der Waals surface area (Å²) in [6.45, 7) is -0.274. The van der Waals surface area contributed by atoms with Gasteiger partial charge in [0.05, 0.1) is 0 Å². The molecule has 138 valence electrons. The summed E-state index contributed by atoms with van der Waals surface area (Å²) < 4.78 is 0. The number of urea groups is 1. The lowest BCUT2D eigenvalue weighted by Gasteiger charge is -2.10. The summed E-state index contributed by atoms with van der Waals surface area (Å²) in [5.41, 5.74) is 1.35. The number of benzene rings is 2. The Kier molecular flexibility index (Phi) is 6.82. The van der Waals surface area contributed by atoms with Crippen LogP contribution in [0.4, 0.5) is 10.5 Å². The lowest BCUT2D eigenvalue weighted by Crippen LogP contribution is -2.30. The lowest BCUT2D eigenvalue weighted by molar-refractivity contribution is -0.135. The van der Waals surface area contributed by atoms with Gasteiger partial charge in [0, 0.05) is 29.3 Å². The van der Waals surface area contributed by atoms with Crippen molar-refractivity contribution in [2.45, 2.75) is 6.54 Å². The molecule has 2 aromatic carbocycles. The van der Waals surface area contributed by atoms with Gasteiger partial charge >= 0.3 is 12.0 Å². The van der Waals surface area contributed by atoms with Gasteiger partial charge in [0.15, 0.2) is 0 Å². The number of aliphatic carboxylic acids is 1. The molecule has 7 nitrogen and oxygen atoms in total. The lowest BCUT2D eigenvalue weighted by atomic mass is 10.2. The first kappa shape index (κ1) is 19.6. The van der Waals surface area contributed by atoms with E-state index in [9.17, 15) is 14.4 Å². The van der Waals surface area contributed by atoms with E-state index >= 15 is 0 Å². The highest BCUT2D eigenvalue weighted by atomic mass is 35.5. The van der Waals surface area contributed by atoms with E-state index < -0.39 is 24.5 Å². The number of amides is 3. The van der Waals surface area contributed by atoms with Gasteiger partial charge in [0.2, 0.25) is 0 Å². The van der Waals surface area contributed by atoms with E-state index in [1.807, 2.05) is 0 Å². The molecule has 4 N–H and O–H groups in total. The van der Waals surface area contributed by atoms with Crippen molar-refractivity contribution in [3.05, 3.63) is 63.6 Å². The molecule has 0 saturated heterocycles. The van der Waals surface area contributed by atoms with Crippen molar-refractivity contribution in [3.63, 3.8) is 0 Å². The first-order valence-electron chi connectivity index (χ1n) is 7.43. The van der Waals surface area contributed by atoms with Crippen LogP contribution >= 0.6 is 23.2 Å². The largest absolute Gasteiger partial charge is 0.480 e. The van der Waals surface area contributed by atoms with E-state index in [1.54, 1.807) is 30.3 Å². The van der Waals surface area contributed by atoms with Gasteiger partial charge in [-0.2, -0.15) is 0 Å². The molecule has 0 fully saturated rings. The number of hydrogen-bond donors (Lipinski definition) is 4. The molecule has 3 amide bonds. The molecule has 9 heteroatoms. The normalized spacial score (nSPS) is 10.1. The molecule has 0 atom stereocenters. The van der Waals surface area contributed by atoms with Crippen LogP contribution in [0.15, 0.2) is 42.5 Å². The predicted octanol–water partition coefficient (Wildman–Crippen LogP) is 3.38. The van der Waals surface area contributed by atoms with Crippen LogP contribution in [0.3, 0.4) is 0 Å². The quantitative estimate of drug-likeness (QED) is 0.598. The summed E-state index contributed by atoms with van der Waals surface area (Å²) in [5, 5.41) is 17.0. The summed E-state index contributed by atoms with van der Waals surface area (Å²) in [7, 11) is 0. The van der Waals surface area contributed by atoms with Crippen molar-refractivity contribution in [1.82, 2.24) is 10.6 Å². The van der Waals surface area contributed by atoms with Crippen LogP contribution < -0.4 is 16.0 Å². The number of rotatable bonds is 6. The van der Waals surface area contributed by atoms with Crippen LogP contribution in [-0.4, -0.2) is 29.6 Å². The molecule has 0 radical (unpaired) electrons. The second kappa shape index (κ2) is 9.07. The molecule has 26 heavy (non-hydrogen) atoms. The molecule has 0 aliphatic carbocycles. The minimum absolute atomic E-state index is 0. The fourth-order valence-electron chi connectivity index (χ4n) is 2.07. The van der Waals surface area contributed by atoms with Gasteiger partial charge in [-0.15, -0.1) is 0 Å². The Morgan fingerprint density at radius 2 is 1.69 bits per heavy atom. The number of carbonyl (C=O) groups excluding carboxylic acids is 2. The topological polar surface area (TPSA) is 108 Å². The summed E-state index contributed by atoms with van der Waals surface area (Å²) in [4.78, 5) is 34.3. The number of carbonyl (C=O) groups is 3. The molecule has 2 aromatic rings. The van der Waals surface area contributed by atoms with E-state index in [4.69, 9.17) is 28.3 Å². The molecule has 0 aliphatic rings. The zero-order valence-corrected chi connectivity index (χ0v) is 14.9. The zero-order valence-electron chi connectivity index (χ0n) is 13.4. The Labute approximate surface area is 160 Å². The van der Waals surface area contributed by atoms with Crippen LogP contribution in [0, 0.1) is 0 Å². The second-order valence-corrected chi connectivity index (χ2v) is 6.12. The summed E-state index contributed by atoms with van der Waals surface area (Å²) in [5.74, 6) is -1.70. The number of hydrogen-bond acceptors (Lipinski definition) is 3. The molecule has 0 aromatic heterocycles. The maximum absolute atomic E-state index is 12.0. The smallest absolute Gasteiger partial charge is 0.322 e. The van der Waals surface area contributed by atoms with E-state index in [0.29, 0.717) is 15.7 Å². The van der Waals surface area contributed by atoms with E-state index in [0.717, 1.165) is 5.56 Å². The number of carboxylic acids is 1. The van der Waals surface area contributed by atoms with Gasteiger partial charge in [0.1, 0.15) is 6.54 Å². The predicted molar refractivity (Wildman–Crippen MR) is 101 cm³/mol. The zero-order chi connectivity index (χ0) is 19.1. The van der Waals surface area contributed by atoms with Crippen molar-refractivity contribution in [2.75, 3.05) is 11.9 Å². The van der Waals surface area contributed by atoms with Crippen molar-refractivity contribution >= 4 is 46.8 Å². The molecule has 0 saturated carbocycles. The number of nitrogens with one attached hydrogen (secondary N) is 3. The van der Waals surface area contributed by atoms with Crippen molar-refractivity contribution in [2.24, 2.45) is 0 Å². The number of carboxylic acid groups (broad SMARTS) is 1. The third kappa shape index (κ3) is 6.27. The van der Waals surface area contributed by atoms with Gasteiger partial charge in [-0.05, 0) is 42.0 Å². The Balaban J connectivity index is 0.00000364. The first-order chi connectivity index (χ1) is 12.3. The molecule has 0 aliphatic heterocycles. The average molecular weight is 398 g/mol. The molecular weight excluding hydrogens is 381 g/mol. The van der Waals surface area contributed by atoms with Crippen LogP contribution in [0.5, 0.6) is 0 Å². The minimum Gasteiger partial charge on any atom is -0.480 e. The van der Waals surface area contributed by atoms with E-state index in [1.165, 1.54) is 12.1 Å². The second-order valence-electron chi connectivity index (χ2n) is 5.24. The standard InChI is InChI=1S/C17H15Cl2N3O4.H2/c18-12-4-10(5-13(19)7-12)8-21-17(26)22-14-3-1-2-11(6-14)16(25)20-9-15(23)24;/h1-7H,8-9H2,(H,20,25)(H,23,24)(H2,21,22,26);1H. The SMILES string of the molecule is O=C(O)CNC(=O)c1cccc(NC(=O)NCc2cc(Cl)cc(Cl)c2)c1.[HH]. The van der Waals surface area contributed by atoms with Crippen LogP contribution in [-0.2, 0) is 11.3 Å². The number of anilines is 1. The number of halogens is 2. The highest BCUT2D eigenvalue weighted by molar-refractivity contribution is 6.34. The first-order valence-corrected chi connectivity index (χ1v) is 8.19. The van der Waals surface area contributed by atoms with Gasteiger partial charge in [-0.3, -0.25) is 9.59 Å². The third-order valence-electron chi connectivity index (χ3n) is 3.16. The van der Waals surface area contributed by atoms with Crippen molar-refractivity contribution in [1.29, 1.82) is 0 Å². The Bertz CT molecular complexity index is 828. The molecule has 2 rings (SSSR count). The van der Waals surface area contributed by atoms with Crippen molar-refractivity contribution < 1.29 is 20.9 Å². The Morgan fingerprint density at radius 1 is 1.00 bits per heavy atom. The molecular formula is C17H17Cl2N3O4. The monoisotopic (exact) mass is 397 g/mol. The Morgan fingerprint density at radius 3 is 2.35 bits per heavy atom. The third-order valence-corrected chi connectivity index (χ3v) is 3.59. The van der Waals surface area contributed by atoms with Gasteiger partial charge in [-0.1, -0.05) is 29.3 Å². The summed E-state index contributed by atoms with van der Waals surface area (Å²) in [6.07, 6.45) is 0. The van der Waals surface area contributed by atoms with E-state index in [2.05, 4.69) is 16.0 Å². The van der Waals surface area contributed by atoms with Crippen LogP contribution in [0.2, 0.25) is 10.0 Å². The highest BCUT2D eigenvalue weighted by Gasteiger charge is 2.09. The fourth-order valence-corrected chi connectivity index (χ4v) is 2.64. The Hall–Kier alpha value is -2.77. The van der Waals surface area contributed by atoms with Crippen molar-refractivity contribution in [3.8, 4) is 0 Å². The fraction of sp³-hybridized carbons (Fsp3) is 0.118. The van der Waals surface area contributed by atoms with Gasteiger partial charge < -0.3 is 21.1 Å². The highest BCUT2D eigenvalue weighted by Crippen LogP contribution is 2.19. The van der Waals surface area contributed by atoms with Crippen LogP contribution in [0.25, 0.3) is 0 Å². The molecule has 0 bridgehead atoms. The average Bonchev–Trinajstić information content (AvgIpc) is 2.57. The van der Waals surface area contributed by atoms with E-state index in [-0.39, 0.29) is 13.5 Å².